The molecule has 1 rings (SSSR count). The summed E-state index contributed by atoms with van der Waals surface area (Å²) >= 11 is 0. The number of hydrogen-bond donors (Lipinski definition) is 5. The van der Waals surface area contributed by atoms with Crippen molar-refractivity contribution in [1.82, 2.24) is 0 Å². The standard InChI is InChI=1S/C13H22O8/c1-3-4-20-12(18)7(2)5-13(19)11(17)10(16)9(15)8(6-14)21-13/h5,8-11,14-17,19H,3-4,6H2,1-2H3/b7-5+/t8-,9-,10+,11-,13?/m1/s1. The molecule has 1 fully saturated rings. The van der Waals surface area contributed by atoms with Gasteiger partial charge in [-0.2, -0.15) is 0 Å². The summed E-state index contributed by atoms with van der Waals surface area (Å²) in [4.78, 5) is 11.6. The normalized spacial score (nSPS) is 37.4. The molecule has 0 saturated carbocycles. The summed E-state index contributed by atoms with van der Waals surface area (Å²) in [6.45, 7) is 2.68. The largest absolute Gasteiger partial charge is 0.462 e. The number of rotatable bonds is 5. The molecule has 0 bridgehead atoms. The zero-order chi connectivity index (χ0) is 16.2. The summed E-state index contributed by atoms with van der Waals surface area (Å²) in [6, 6.07) is 0. The van der Waals surface area contributed by atoms with Gasteiger partial charge in [0.05, 0.1) is 13.2 Å². The number of carbonyl (C=O) groups excluding carboxylic acids is 1. The van der Waals surface area contributed by atoms with E-state index in [4.69, 9.17) is 14.6 Å². The lowest BCUT2D eigenvalue weighted by Gasteiger charge is -2.44. The van der Waals surface area contributed by atoms with Gasteiger partial charge in [-0.3, -0.25) is 0 Å². The average molecular weight is 306 g/mol. The van der Waals surface area contributed by atoms with Crippen LogP contribution in [-0.2, 0) is 14.3 Å². The molecule has 0 aromatic carbocycles. The molecule has 0 aromatic rings. The van der Waals surface area contributed by atoms with Gasteiger partial charge in [0.2, 0.25) is 5.79 Å². The number of ether oxygens (including phenoxy) is 2. The molecule has 0 radical (unpaired) electrons. The predicted molar refractivity (Wildman–Crippen MR) is 69.9 cm³/mol. The molecule has 21 heavy (non-hydrogen) atoms. The van der Waals surface area contributed by atoms with Crippen molar-refractivity contribution in [2.75, 3.05) is 13.2 Å². The van der Waals surface area contributed by atoms with Gasteiger partial charge < -0.3 is 35.0 Å². The Morgan fingerprint density at radius 3 is 2.48 bits per heavy atom. The fourth-order valence-electron chi connectivity index (χ4n) is 1.98. The van der Waals surface area contributed by atoms with E-state index in [0.29, 0.717) is 6.42 Å². The first kappa shape index (κ1) is 18.0. The molecule has 5 N–H and O–H groups in total. The van der Waals surface area contributed by atoms with Crippen LogP contribution >= 0.6 is 0 Å². The van der Waals surface area contributed by atoms with Gasteiger partial charge in [-0.1, -0.05) is 6.92 Å². The van der Waals surface area contributed by atoms with Crippen molar-refractivity contribution in [2.24, 2.45) is 0 Å². The number of carbonyl (C=O) groups is 1. The van der Waals surface area contributed by atoms with Crippen LogP contribution in [0.1, 0.15) is 20.3 Å². The molecule has 0 aromatic heterocycles. The Labute approximate surface area is 122 Å². The van der Waals surface area contributed by atoms with Crippen LogP contribution in [0, 0.1) is 0 Å². The first-order valence-electron chi connectivity index (χ1n) is 6.68. The smallest absolute Gasteiger partial charge is 0.333 e. The average Bonchev–Trinajstić information content (AvgIpc) is 2.46. The molecule has 1 aliphatic rings. The highest BCUT2D eigenvalue weighted by Gasteiger charge is 2.51. The Morgan fingerprint density at radius 2 is 1.95 bits per heavy atom. The fourth-order valence-corrected chi connectivity index (χ4v) is 1.98. The van der Waals surface area contributed by atoms with Crippen molar-refractivity contribution in [3.63, 3.8) is 0 Å². The Kier molecular flexibility index (Phi) is 6.26. The Hall–Kier alpha value is -1.03. The summed E-state index contributed by atoms with van der Waals surface area (Å²) in [5.41, 5.74) is -0.0368. The zero-order valence-electron chi connectivity index (χ0n) is 12.0. The van der Waals surface area contributed by atoms with E-state index in [1.165, 1.54) is 6.92 Å². The first-order valence-corrected chi connectivity index (χ1v) is 6.68. The Morgan fingerprint density at radius 1 is 1.33 bits per heavy atom. The maximum Gasteiger partial charge on any atom is 0.333 e. The third kappa shape index (κ3) is 4.00. The van der Waals surface area contributed by atoms with E-state index in [1.54, 1.807) is 0 Å². The quantitative estimate of drug-likeness (QED) is 0.292. The molecule has 1 aliphatic heterocycles. The molecule has 5 atom stereocenters. The first-order chi connectivity index (χ1) is 9.76. The van der Waals surface area contributed by atoms with E-state index in [9.17, 15) is 25.2 Å². The van der Waals surface area contributed by atoms with Crippen LogP contribution in [0.4, 0.5) is 0 Å². The van der Waals surface area contributed by atoms with Crippen LogP contribution in [0.15, 0.2) is 11.6 Å². The molecule has 8 nitrogen and oxygen atoms in total. The van der Waals surface area contributed by atoms with Crippen molar-refractivity contribution in [1.29, 1.82) is 0 Å². The van der Waals surface area contributed by atoms with Crippen LogP contribution in [0.25, 0.3) is 0 Å². The molecular weight excluding hydrogens is 284 g/mol. The van der Waals surface area contributed by atoms with Gasteiger partial charge in [-0.15, -0.1) is 0 Å². The lowest BCUT2D eigenvalue weighted by atomic mass is 9.91. The number of aliphatic hydroxyl groups excluding tert-OH is 4. The monoisotopic (exact) mass is 306 g/mol. The van der Waals surface area contributed by atoms with Crippen molar-refractivity contribution in [3.05, 3.63) is 11.6 Å². The maximum absolute atomic E-state index is 11.6. The zero-order valence-corrected chi connectivity index (χ0v) is 12.0. The van der Waals surface area contributed by atoms with E-state index in [2.05, 4.69) is 0 Å². The summed E-state index contributed by atoms with van der Waals surface area (Å²) in [6.07, 6.45) is -4.97. The van der Waals surface area contributed by atoms with Crippen LogP contribution in [0.5, 0.6) is 0 Å². The SMILES string of the molecule is CCCOC(=O)/C(C)=C/C1(O)O[C@H](CO)[C@@H](O)[C@H](O)[C@H]1O. The summed E-state index contributed by atoms with van der Waals surface area (Å²) < 4.78 is 9.86. The van der Waals surface area contributed by atoms with E-state index < -0.39 is 42.8 Å². The van der Waals surface area contributed by atoms with Crippen LogP contribution < -0.4 is 0 Å². The van der Waals surface area contributed by atoms with Crippen molar-refractivity contribution in [3.8, 4) is 0 Å². The second-order valence-corrected chi connectivity index (χ2v) is 4.98. The third-order valence-corrected chi connectivity index (χ3v) is 3.18. The molecule has 0 spiro atoms. The van der Waals surface area contributed by atoms with Crippen molar-refractivity contribution >= 4 is 5.97 Å². The van der Waals surface area contributed by atoms with Gasteiger partial charge >= 0.3 is 5.97 Å². The second-order valence-electron chi connectivity index (χ2n) is 4.98. The molecule has 0 amide bonds. The number of aliphatic hydroxyl groups is 5. The summed E-state index contributed by atoms with van der Waals surface area (Å²) in [7, 11) is 0. The van der Waals surface area contributed by atoms with Crippen molar-refractivity contribution < 1.29 is 39.8 Å². The number of esters is 1. The van der Waals surface area contributed by atoms with Crippen LogP contribution in [-0.4, -0.2) is 74.9 Å². The van der Waals surface area contributed by atoms with Crippen molar-refractivity contribution in [2.45, 2.75) is 50.5 Å². The summed E-state index contributed by atoms with van der Waals surface area (Å²) in [5, 5.41) is 48.4. The van der Waals surface area contributed by atoms with Gasteiger partial charge in [0.1, 0.15) is 24.4 Å². The van der Waals surface area contributed by atoms with E-state index in [-0.39, 0.29) is 12.2 Å². The second kappa shape index (κ2) is 7.30. The number of hydrogen-bond acceptors (Lipinski definition) is 8. The molecule has 1 unspecified atom stereocenters. The van der Waals surface area contributed by atoms with Gasteiger partial charge in [0.15, 0.2) is 0 Å². The van der Waals surface area contributed by atoms with Crippen LogP contribution in [0.2, 0.25) is 0 Å². The minimum Gasteiger partial charge on any atom is -0.462 e. The maximum atomic E-state index is 11.6. The highest BCUT2D eigenvalue weighted by Crippen LogP contribution is 2.30. The van der Waals surface area contributed by atoms with Crippen LogP contribution in [0.3, 0.4) is 0 Å². The van der Waals surface area contributed by atoms with Gasteiger partial charge in [-0.25, -0.2) is 4.79 Å². The van der Waals surface area contributed by atoms with E-state index in [1.807, 2.05) is 6.92 Å². The fraction of sp³-hybridized carbons (Fsp3) is 0.769. The molecule has 1 saturated heterocycles. The highest BCUT2D eigenvalue weighted by atomic mass is 16.7. The van der Waals surface area contributed by atoms with E-state index in [0.717, 1.165) is 6.08 Å². The minimum absolute atomic E-state index is 0.0368. The lowest BCUT2D eigenvalue weighted by Crippen LogP contribution is -2.64. The van der Waals surface area contributed by atoms with E-state index >= 15 is 0 Å². The van der Waals surface area contributed by atoms with Gasteiger partial charge in [-0.05, 0) is 19.4 Å². The molecule has 1 heterocycles. The lowest BCUT2D eigenvalue weighted by molar-refractivity contribution is -0.327. The summed E-state index contributed by atoms with van der Waals surface area (Å²) in [5.74, 6) is -3.12. The molecular formula is C13H22O8. The molecule has 8 heteroatoms. The van der Waals surface area contributed by atoms with Gasteiger partial charge in [0.25, 0.3) is 0 Å². The molecule has 122 valence electrons. The highest BCUT2D eigenvalue weighted by molar-refractivity contribution is 5.87. The minimum atomic E-state index is -2.42. The third-order valence-electron chi connectivity index (χ3n) is 3.18. The Balaban J connectivity index is 2.94. The molecule has 0 aliphatic carbocycles. The van der Waals surface area contributed by atoms with Gasteiger partial charge in [0, 0.05) is 5.57 Å². The predicted octanol–water partition coefficient (Wildman–Crippen LogP) is -1.95. The Bertz CT molecular complexity index is 394. The topological polar surface area (TPSA) is 137 Å².